The average molecular weight is 232 g/mol. The van der Waals surface area contributed by atoms with Gasteiger partial charge >= 0.3 is 0 Å². The van der Waals surface area contributed by atoms with Crippen LogP contribution >= 0.6 is 11.6 Å². The zero-order valence-corrected chi connectivity index (χ0v) is 9.70. The van der Waals surface area contributed by atoms with Gasteiger partial charge in [-0.05, 0) is 17.7 Å². The Labute approximate surface area is 92.1 Å². The number of rotatable bonds is 5. The molecular weight excluding hydrogens is 218 g/mol. The maximum absolute atomic E-state index is 10.8. The zero-order valence-electron chi connectivity index (χ0n) is 8.13. The van der Waals surface area contributed by atoms with Gasteiger partial charge in [0.05, 0.1) is 0 Å². The summed E-state index contributed by atoms with van der Waals surface area (Å²) in [6.07, 6.45) is 1.71. The Morgan fingerprint density at radius 1 is 1.36 bits per heavy atom. The number of benzene rings is 1. The minimum absolute atomic E-state index is 0.702. The van der Waals surface area contributed by atoms with Crippen molar-refractivity contribution in [3.8, 4) is 0 Å². The molecule has 0 aliphatic carbocycles. The van der Waals surface area contributed by atoms with E-state index in [4.69, 9.17) is 11.6 Å². The SMILES string of the molecule is C[S@](=O)CCNCc1ccc(Cl)cc1. The molecule has 0 saturated carbocycles. The van der Waals surface area contributed by atoms with Crippen molar-refractivity contribution in [1.82, 2.24) is 5.32 Å². The predicted octanol–water partition coefficient (Wildman–Crippen LogP) is 1.81. The third-order valence-electron chi connectivity index (χ3n) is 1.81. The highest BCUT2D eigenvalue weighted by atomic mass is 35.5. The van der Waals surface area contributed by atoms with E-state index in [0.29, 0.717) is 5.75 Å². The summed E-state index contributed by atoms with van der Waals surface area (Å²) in [4.78, 5) is 0. The van der Waals surface area contributed by atoms with Gasteiger partial charge in [0, 0.05) is 40.9 Å². The fraction of sp³-hybridized carbons (Fsp3) is 0.400. The number of hydrogen-bond donors (Lipinski definition) is 1. The molecule has 0 bridgehead atoms. The van der Waals surface area contributed by atoms with Crippen LogP contribution in [0, 0.1) is 0 Å². The molecule has 1 aromatic carbocycles. The Bertz CT molecular complexity index is 299. The van der Waals surface area contributed by atoms with Gasteiger partial charge in [-0.3, -0.25) is 4.21 Å². The summed E-state index contributed by atoms with van der Waals surface area (Å²) in [5.41, 5.74) is 1.19. The highest BCUT2D eigenvalue weighted by Crippen LogP contribution is 2.08. The van der Waals surface area contributed by atoms with E-state index >= 15 is 0 Å². The molecule has 0 radical (unpaired) electrons. The van der Waals surface area contributed by atoms with E-state index in [1.54, 1.807) is 6.26 Å². The topological polar surface area (TPSA) is 29.1 Å². The fourth-order valence-electron chi connectivity index (χ4n) is 1.05. The van der Waals surface area contributed by atoms with Crippen LogP contribution in [0.25, 0.3) is 0 Å². The monoisotopic (exact) mass is 231 g/mol. The summed E-state index contributed by atoms with van der Waals surface area (Å²) < 4.78 is 10.8. The Morgan fingerprint density at radius 2 is 2.00 bits per heavy atom. The van der Waals surface area contributed by atoms with Gasteiger partial charge in [0.15, 0.2) is 0 Å². The standard InChI is InChI=1S/C10H14ClNOS/c1-14(13)7-6-12-8-9-2-4-10(11)5-3-9/h2-5,12H,6-8H2,1H3/t14-/m0/s1. The molecule has 0 fully saturated rings. The Kier molecular flexibility index (Phi) is 5.15. The normalized spacial score (nSPS) is 12.7. The molecule has 0 saturated heterocycles. The maximum atomic E-state index is 10.8. The highest BCUT2D eigenvalue weighted by Gasteiger charge is 1.93. The maximum Gasteiger partial charge on any atom is 0.0406 e. The van der Waals surface area contributed by atoms with E-state index < -0.39 is 10.8 Å². The highest BCUT2D eigenvalue weighted by molar-refractivity contribution is 7.84. The molecular formula is C10H14ClNOS. The fourth-order valence-corrected chi connectivity index (χ4v) is 1.61. The van der Waals surface area contributed by atoms with Gasteiger partial charge in [-0.2, -0.15) is 0 Å². The lowest BCUT2D eigenvalue weighted by atomic mass is 10.2. The van der Waals surface area contributed by atoms with Crippen molar-refractivity contribution < 1.29 is 4.21 Å². The van der Waals surface area contributed by atoms with E-state index in [1.165, 1.54) is 5.56 Å². The third kappa shape index (κ3) is 4.74. The molecule has 0 aliphatic rings. The minimum atomic E-state index is -0.711. The molecule has 0 amide bonds. The number of halogens is 1. The van der Waals surface area contributed by atoms with Gasteiger partial charge in [0.1, 0.15) is 0 Å². The molecule has 0 aromatic heterocycles. The average Bonchev–Trinajstić information content (AvgIpc) is 2.15. The van der Waals surface area contributed by atoms with Crippen LogP contribution in [0.15, 0.2) is 24.3 Å². The van der Waals surface area contributed by atoms with Gasteiger partial charge in [0.2, 0.25) is 0 Å². The lowest BCUT2D eigenvalue weighted by molar-refractivity contribution is 0.676. The van der Waals surface area contributed by atoms with Crippen LogP contribution in [0.4, 0.5) is 0 Å². The quantitative estimate of drug-likeness (QED) is 0.784. The molecule has 4 heteroatoms. The number of nitrogens with one attached hydrogen (secondary N) is 1. The largest absolute Gasteiger partial charge is 0.312 e. The molecule has 0 heterocycles. The van der Waals surface area contributed by atoms with Crippen molar-refractivity contribution in [2.75, 3.05) is 18.6 Å². The van der Waals surface area contributed by atoms with Gasteiger partial charge < -0.3 is 5.32 Å². The summed E-state index contributed by atoms with van der Waals surface area (Å²) in [6.45, 7) is 1.58. The Balaban J connectivity index is 2.25. The van der Waals surface area contributed by atoms with Gasteiger partial charge in [-0.25, -0.2) is 0 Å². The first-order valence-corrected chi connectivity index (χ1v) is 6.54. The molecule has 1 N–H and O–H groups in total. The molecule has 0 spiro atoms. The second-order valence-electron chi connectivity index (χ2n) is 3.08. The Hall–Kier alpha value is -0.380. The smallest absolute Gasteiger partial charge is 0.0406 e. The minimum Gasteiger partial charge on any atom is -0.312 e. The van der Waals surface area contributed by atoms with Gasteiger partial charge in [-0.1, -0.05) is 23.7 Å². The van der Waals surface area contributed by atoms with Crippen molar-refractivity contribution in [2.45, 2.75) is 6.54 Å². The molecule has 2 nitrogen and oxygen atoms in total. The van der Waals surface area contributed by atoms with Crippen LogP contribution in [0.2, 0.25) is 5.02 Å². The van der Waals surface area contributed by atoms with Crippen LogP contribution in [0.3, 0.4) is 0 Å². The molecule has 0 aliphatic heterocycles. The van der Waals surface area contributed by atoms with Gasteiger partial charge in [-0.15, -0.1) is 0 Å². The van der Waals surface area contributed by atoms with E-state index in [-0.39, 0.29) is 0 Å². The van der Waals surface area contributed by atoms with Crippen molar-refractivity contribution in [3.63, 3.8) is 0 Å². The second-order valence-corrected chi connectivity index (χ2v) is 5.07. The lowest BCUT2D eigenvalue weighted by Crippen LogP contribution is -2.19. The van der Waals surface area contributed by atoms with E-state index in [2.05, 4.69) is 5.32 Å². The molecule has 1 aromatic rings. The van der Waals surface area contributed by atoms with Crippen LogP contribution in [0.5, 0.6) is 0 Å². The van der Waals surface area contributed by atoms with Crippen molar-refractivity contribution in [3.05, 3.63) is 34.9 Å². The van der Waals surface area contributed by atoms with Crippen LogP contribution in [-0.4, -0.2) is 22.8 Å². The summed E-state index contributed by atoms with van der Waals surface area (Å²) in [5.74, 6) is 0.702. The van der Waals surface area contributed by atoms with Gasteiger partial charge in [0.25, 0.3) is 0 Å². The van der Waals surface area contributed by atoms with E-state index in [0.717, 1.165) is 18.1 Å². The van der Waals surface area contributed by atoms with Crippen molar-refractivity contribution in [1.29, 1.82) is 0 Å². The first-order chi connectivity index (χ1) is 6.68. The van der Waals surface area contributed by atoms with Crippen molar-refractivity contribution >= 4 is 22.4 Å². The first-order valence-electron chi connectivity index (χ1n) is 4.43. The summed E-state index contributed by atoms with van der Waals surface area (Å²) in [6, 6.07) is 7.71. The lowest BCUT2D eigenvalue weighted by Gasteiger charge is -2.03. The summed E-state index contributed by atoms with van der Waals surface area (Å²) in [7, 11) is -0.711. The zero-order chi connectivity index (χ0) is 10.4. The summed E-state index contributed by atoms with van der Waals surface area (Å²) >= 11 is 5.75. The van der Waals surface area contributed by atoms with E-state index in [1.807, 2.05) is 24.3 Å². The molecule has 14 heavy (non-hydrogen) atoms. The Morgan fingerprint density at radius 3 is 2.57 bits per heavy atom. The van der Waals surface area contributed by atoms with Crippen molar-refractivity contribution in [2.24, 2.45) is 0 Å². The second kappa shape index (κ2) is 6.17. The summed E-state index contributed by atoms with van der Waals surface area (Å²) in [5, 5.41) is 3.97. The molecule has 1 atom stereocenters. The van der Waals surface area contributed by atoms with Crippen LogP contribution in [0.1, 0.15) is 5.56 Å². The third-order valence-corrected chi connectivity index (χ3v) is 2.84. The molecule has 78 valence electrons. The molecule has 0 unspecified atom stereocenters. The van der Waals surface area contributed by atoms with Crippen LogP contribution in [-0.2, 0) is 17.3 Å². The van der Waals surface area contributed by atoms with E-state index in [9.17, 15) is 4.21 Å². The predicted molar refractivity (Wildman–Crippen MR) is 62.1 cm³/mol. The van der Waals surface area contributed by atoms with Crippen LogP contribution < -0.4 is 5.32 Å². The first kappa shape index (κ1) is 11.7. The number of hydrogen-bond acceptors (Lipinski definition) is 2. The molecule has 1 rings (SSSR count).